The predicted octanol–water partition coefficient (Wildman–Crippen LogP) is 4.18. The second-order valence-electron chi connectivity index (χ2n) is 5.28. The van der Waals surface area contributed by atoms with Crippen LogP contribution >= 0.6 is 0 Å². The van der Waals surface area contributed by atoms with E-state index in [4.69, 9.17) is 5.73 Å². The molecule has 21 heavy (non-hydrogen) atoms. The molecule has 0 aliphatic carbocycles. The highest BCUT2D eigenvalue weighted by molar-refractivity contribution is 5.86. The minimum atomic E-state index is -0.210. The van der Waals surface area contributed by atoms with Crippen molar-refractivity contribution in [2.24, 2.45) is 5.73 Å². The molecule has 0 aliphatic rings. The molecule has 0 saturated carbocycles. The zero-order chi connectivity index (χ0) is 14.8. The topological polar surface area (TPSA) is 38.9 Å². The fourth-order valence-electron chi connectivity index (χ4n) is 2.72. The Bertz CT molecular complexity index is 756. The normalized spacial score (nSPS) is 14.0. The first kappa shape index (κ1) is 13.7. The van der Waals surface area contributed by atoms with Crippen LogP contribution in [0.5, 0.6) is 0 Å². The van der Waals surface area contributed by atoms with Crippen molar-refractivity contribution in [1.82, 2.24) is 4.98 Å². The van der Waals surface area contributed by atoms with E-state index >= 15 is 0 Å². The Morgan fingerprint density at radius 2 is 1.62 bits per heavy atom. The van der Waals surface area contributed by atoms with Gasteiger partial charge in [-0.05, 0) is 34.7 Å². The molecule has 0 saturated heterocycles. The standard InChI is InChI=1S/C18H17FN2/c1-12(13-8-10-21-11-9-13)18(20)16-6-7-17(19)15-5-3-2-4-14(15)16/h2-12,18H,20H2,1H3. The molecule has 2 atom stereocenters. The van der Waals surface area contributed by atoms with E-state index in [2.05, 4.69) is 11.9 Å². The SMILES string of the molecule is CC(c1ccncc1)C(N)c1ccc(F)c2ccccc12. The number of rotatable bonds is 3. The lowest BCUT2D eigenvalue weighted by Crippen LogP contribution is -2.18. The zero-order valence-corrected chi connectivity index (χ0v) is 11.8. The number of hydrogen-bond acceptors (Lipinski definition) is 2. The summed E-state index contributed by atoms with van der Waals surface area (Å²) in [5, 5.41) is 1.50. The maximum absolute atomic E-state index is 13.9. The molecule has 1 aromatic heterocycles. The summed E-state index contributed by atoms with van der Waals surface area (Å²) in [6, 6.07) is 14.5. The van der Waals surface area contributed by atoms with Crippen LogP contribution in [0.25, 0.3) is 10.8 Å². The molecule has 0 amide bonds. The van der Waals surface area contributed by atoms with Crippen molar-refractivity contribution >= 4 is 10.8 Å². The van der Waals surface area contributed by atoms with Crippen LogP contribution in [-0.2, 0) is 0 Å². The number of fused-ring (bicyclic) bond motifs is 1. The van der Waals surface area contributed by atoms with Gasteiger partial charge in [0.25, 0.3) is 0 Å². The van der Waals surface area contributed by atoms with E-state index in [1.807, 2.05) is 30.3 Å². The van der Waals surface area contributed by atoms with Gasteiger partial charge in [0.1, 0.15) is 5.82 Å². The first-order valence-electron chi connectivity index (χ1n) is 7.01. The average Bonchev–Trinajstić information content (AvgIpc) is 2.55. The van der Waals surface area contributed by atoms with Crippen LogP contribution in [0.4, 0.5) is 4.39 Å². The molecular formula is C18H17FN2. The first-order valence-corrected chi connectivity index (χ1v) is 7.01. The lowest BCUT2D eigenvalue weighted by Gasteiger charge is -2.22. The van der Waals surface area contributed by atoms with E-state index < -0.39 is 0 Å². The van der Waals surface area contributed by atoms with Gasteiger partial charge in [0, 0.05) is 29.7 Å². The predicted molar refractivity (Wildman–Crippen MR) is 83.5 cm³/mol. The van der Waals surface area contributed by atoms with Crippen LogP contribution in [0.2, 0.25) is 0 Å². The molecule has 3 aromatic rings. The number of nitrogens with zero attached hydrogens (tertiary/aromatic N) is 1. The fraction of sp³-hybridized carbons (Fsp3) is 0.167. The van der Waals surface area contributed by atoms with Gasteiger partial charge in [-0.15, -0.1) is 0 Å². The van der Waals surface area contributed by atoms with E-state index in [9.17, 15) is 4.39 Å². The Morgan fingerprint density at radius 1 is 0.952 bits per heavy atom. The molecule has 2 N–H and O–H groups in total. The van der Waals surface area contributed by atoms with Crippen molar-refractivity contribution in [2.45, 2.75) is 18.9 Å². The second-order valence-corrected chi connectivity index (χ2v) is 5.28. The third-order valence-electron chi connectivity index (χ3n) is 4.03. The molecule has 2 nitrogen and oxygen atoms in total. The Balaban J connectivity index is 2.06. The molecule has 0 spiro atoms. The third kappa shape index (κ3) is 2.52. The highest BCUT2D eigenvalue weighted by atomic mass is 19.1. The Hall–Kier alpha value is -2.26. The first-order chi connectivity index (χ1) is 10.2. The van der Waals surface area contributed by atoms with E-state index in [0.29, 0.717) is 5.39 Å². The summed E-state index contributed by atoms with van der Waals surface area (Å²) in [4.78, 5) is 4.03. The number of pyridine rings is 1. The molecule has 2 aromatic carbocycles. The highest BCUT2D eigenvalue weighted by Gasteiger charge is 2.19. The van der Waals surface area contributed by atoms with Gasteiger partial charge in [-0.2, -0.15) is 0 Å². The lowest BCUT2D eigenvalue weighted by molar-refractivity contribution is 0.598. The molecule has 0 fully saturated rings. The number of hydrogen-bond donors (Lipinski definition) is 1. The zero-order valence-electron chi connectivity index (χ0n) is 11.8. The molecule has 0 radical (unpaired) electrons. The summed E-state index contributed by atoms with van der Waals surface area (Å²) in [6.45, 7) is 2.08. The average molecular weight is 280 g/mol. The summed E-state index contributed by atoms with van der Waals surface area (Å²) in [7, 11) is 0. The molecule has 1 heterocycles. The quantitative estimate of drug-likeness (QED) is 0.781. The number of halogens is 1. The van der Waals surface area contributed by atoms with E-state index in [1.165, 1.54) is 6.07 Å². The smallest absolute Gasteiger partial charge is 0.131 e. The van der Waals surface area contributed by atoms with E-state index in [1.54, 1.807) is 24.5 Å². The van der Waals surface area contributed by atoms with E-state index in [0.717, 1.165) is 16.5 Å². The van der Waals surface area contributed by atoms with Gasteiger partial charge in [0.15, 0.2) is 0 Å². The van der Waals surface area contributed by atoms with Crippen molar-refractivity contribution in [3.63, 3.8) is 0 Å². The van der Waals surface area contributed by atoms with Crippen LogP contribution in [0.3, 0.4) is 0 Å². The second kappa shape index (κ2) is 5.62. The monoisotopic (exact) mass is 280 g/mol. The largest absolute Gasteiger partial charge is 0.323 e. The molecule has 3 rings (SSSR count). The fourth-order valence-corrected chi connectivity index (χ4v) is 2.72. The minimum absolute atomic E-state index is 0.127. The van der Waals surface area contributed by atoms with Crippen molar-refractivity contribution < 1.29 is 4.39 Å². The molecular weight excluding hydrogens is 263 g/mol. The van der Waals surface area contributed by atoms with Gasteiger partial charge >= 0.3 is 0 Å². The van der Waals surface area contributed by atoms with Crippen molar-refractivity contribution in [2.75, 3.05) is 0 Å². The summed E-state index contributed by atoms with van der Waals surface area (Å²) in [5.74, 6) is -0.0834. The van der Waals surface area contributed by atoms with Crippen molar-refractivity contribution in [3.05, 3.63) is 77.9 Å². The Labute approximate surface area is 123 Å². The van der Waals surface area contributed by atoms with Crippen LogP contribution in [0.15, 0.2) is 60.9 Å². The van der Waals surface area contributed by atoms with Crippen molar-refractivity contribution in [3.8, 4) is 0 Å². The number of benzene rings is 2. The summed E-state index contributed by atoms with van der Waals surface area (Å²) >= 11 is 0. The molecule has 0 bridgehead atoms. The summed E-state index contributed by atoms with van der Waals surface area (Å²) < 4.78 is 13.9. The molecule has 0 aliphatic heterocycles. The lowest BCUT2D eigenvalue weighted by atomic mass is 9.87. The Kier molecular flexibility index (Phi) is 3.67. The van der Waals surface area contributed by atoms with Crippen LogP contribution in [-0.4, -0.2) is 4.98 Å². The maximum Gasteiger partial charge on any atom is 0.131 e. The molecule has 3 heteroatoms. The molecule has 2 unspecified atom stereocenters. The van der Waals surface area contributed by atoms with Gasteiger partial charge in [-0.1, -0.05) is 37.3 Å². The summed E-state index contributed by atoms with van der Waals surface area (Å²) in [5.41, 5.74) is 8.54. The Morgan fingerprint density at radius 3 is 2.33 bits per heavy atom. The maximum atomic E-state index is 13.9. The number of aromatic nitrogens is 1. The third-order valence-corrected chi connectivity index (χ3v) is 4.03. The van der Waals surface area contributed by atoms with E-state index in [-0.39, 0.29) is 17.8 Å². The summed E-state index contributed by atoms with van der Waals surface area (Å²) in [6.07, 6.45) is 3.53. The van der Waals surface area contributed by atoms with Crippen LogP contribution < -0.4 is 5.73 Å². The van der Waals surface area contributed by atoms with Gasteiger partial charge in [-0.25, -0.2) is 4.39 Å². The van der Waals surface area contributed by atoms with Gasteiger partial charge < -0.3 is 5.73 Å². The van der Waals surface area contributed by atoms with Crippen LogP contribution in [0.1, 0.15) is 30.0 Å². The number of nitrogens with two attached hydrogens (primary N) is 1. The molecule has 106 valence electrons. The minimum Gasteiger partial charge on any atom is -0.323 e. The van der Waals surface area contributed by atoms with Gasteiger partial charge in [-0.3, -0.25) is 4.98 Å². The van der Waals surface area contributed by atoms with Gasteiger partial charge in [0.2, 0.25) is 0 Å². The van der Waals surface area contributed by atoms with Gasteiger partial charge in [0.05, 0.1) is 0 Å². The van der Waals surface area contributed by atoms with Crippen LogP contribution in [0, 0.1) is 5.82 Å². The van der Waals surface area contributed by atoms with Crippen molar-refractivity contribution in [1.29, 1.82) is 0 Å². The highest BCUT2D eigenvalue weighted by Crippen LogP contribution is 2.33.